The average Bonchev–Trinajstić information content (AvgIpc) is 2.48. The SMILES string of the molecule is Cc1cnc2n(c1=O)CC(C(=O)NC1CC(C)CC(C)(C)C1)CS2. The Morgan fingerprint density at radius 3 is 2.88 bits per heavy atom. The lowest BCUT2D eigenvalue weighted by Crippen LogP contribution is -2.47. The van der Waals surface area contributed by atoms with Gasteiger partial charge in [-0.15, -0.1) is 0 Å². The van der Waals surface area contributed by atoms with E-state index in [1.165, 1.54) is 18.2 Å². The molecule has 3 atom stereocenters. The van der Waals surface area contributed by atoms with Crippen molar-refractivity contribution in [1.82, 2.24) is 14.9 Å². The molecule has 1 aromatic rings. The molecule has 0 aromatic carbocycles. The Kier molecular flexibility index (Phi) is 4.78. The third-order valence-electron chi connectivity index (χ3n) is 5.10. The number of carbonyl (C=O) groups is 1. The second kappa shape index (κ2) is 6.54. The molecule has 0 radical (unpaired) electrons. The van der Waals surface area contributed by atoms with Crippen LogP contribution in [0, 0.1) is 24.2 Å². The number of thioether (sulfide) groups is 1. The standard InChI is InChI=1S/C18H27N3O2S/c1-11-5-14(7-18(3,4)6-11)20-15(22)13-9-21-16(23)12(2)8-19-17(21)24-10-13/h8,11,13-14H,5-7,9-10H2,1-4H3,(H,20,22). The van der Waals surface area contributed by atoms with Gasteiger partial charge in [0.2, 0.25) is 5.91 Å². The van der Waals surface area contributed by atoms with Crippen molar-refractivity contribution in [3.8, 4) is 0 Å². The van der Waals surface area contributed by atoms with Crippen molar-refractivity contribution in [2.75, 3.05) is 5.75 Å². The molecule has 132 valence electrons. The van der Waals surface area contributed by atoms with Crippen molar-refractivity contribution in [2.24, 2.45) is 17.3 Å². The topological polar surface area (TPSA) is 64.0 Å². The molecule has 1 amide bonds. The van der Waals surface area contributed by atoms with Crippen LogP contribution < -0.4 is 10.9 Å². The Labute approximate surface area is 147 Å². The summed E-state index contributed by atoms with van der Waals surface area (Å²) in [5, 5.41) is 3.98. The predicted octanol–water partition coefficient (Wildman–Crippen LogP) is 2.60. The highest BCUT2D eigenvalue weighted by molar-refractivity contribution is 7.99. The molecule has 24 heavy (non-hydrogen) atoms. The molecule has 5 nitrogen and oxygen atoms in total. The largest absolute Gasteiger partial charge is 0.353 e. The lowest BCUT2D eigenvalue weighted by Gasteiger charge is -2.39. The summed E-state index contributed by atoms with van der Waals surface area (Å²) in [6.07, 6.45) is 4.91. The molecular weight excluding hydrogens is 322 g/mol. The zero-order valence-electron chi connectivity index (χ0n) is 15.0. The Hall–Kier alpha value is -1.30. The first-order chi connectivity index (χ1) is 11.2. The third-order valence-corrected chi connectivity index (χ3v) is 6.26. The molecule has 6 heteroatoms. The number of nitrogens with zero attached hydrogens (tertiary/aromatic N) is 2. The fourth-order valence-electron chi connectivity index (χ4n) is 4.23. The molecule has 1 aliphatic heterocycles. The van der Waals surface area contributed by atoms with Gasteiger partial charge in [0.1, 0.15) is 0 Å². The Bertz CT molecular complexity index is 698. The summed E-state index contributed by atoms with van der Waals surface area (Å²) in [6.45, 7) is 9.03. The minimum Gasteiger partial charge on any atom is -0.353 e. The van der Waals surface area contributed by atoms with Gasteiger partial charge in [-0.2, -0.15) is 0 Å². The van der Waals surface area contributed by atoms with Crippen LogP contribution in [-0.4, -0.2) is 27.3 Å². The van der Waals surface area contributed by atoms with Gasteiger partial charge in [0.15, 0.2) is 5.16 Å². The maximum atomic E-state index is 12.7. The van der Waals surface area contributed by atoms with E-state index in [9.17, 15) is 9.59 Å². The molecule has 1 aromatic heterocycles. The molecule has 1 aliphatic carbocycles. The van der Waals surface area contributed by atoms with Crippen LogP contribution in [0.25, 0.3) is 0 Å². The first-order valence-electron chi connectivity index (χ1n) is 8.75. The molecule has 0 saturated heterocycles. The number of nitrogens with one attached hydrogen (secondary N) is 1. The predicted molar refractivity (Wildman–Crippen MR) is 96.2 cm³/mol. The number of aryl methyl sites for hydroxylation is 1. The van der Waals surface area contributed by atoms with Gasteiger partial charge >= 0.3 is 0 Å². The summed E-state index contributed by atoms with van der Waals surface area (Å²) < 4.78 is 1.65. The second-order valence-electron chi connectivity index (χ2n) is 8.27. The summed E-state index contributed by atoms with van der Waals surface area (Å²) in [6, 6.07) is 0.245. The van der Waals surface area contributed by atoms with Crippen LogP contribution >= 0.6 is 11.8 Å². The van der Waals surface area contributed by atoms with Crippen LogP contribution in [-0.2, 0) is 11.3 Å². The number of hydrogen-bond acceptors (Lipinski definition) is 4. The van der Waals surface area contributed by atoms with Crippen molar-refractivity contribution < 1.29 is 4.79 Å². The van der Waals surface area contributed by atoms with E-state index in [-0.39, 0.29) is 28.8 Å². The van der Waals surface area contributed by atoms with Gasteiger partial charge in [0.25, 0.3) is 5.56 Å². The van der Waals surface area contributed by atoms with E-state index in [0.29, 0.717) is 23.8 Å². The fourth-order valence-corrected chi connectivity index (χ4v) is 5.28. The molecule has 3 rings (SSSR count). The van der Waals surface area contributed by atoms with Crippen molar-refractivity contribution >= 4 is 17.7 Å². The molecule has 1 fully saturated rings. The number of amides is 1. The van der Waals surface area contributed by atoms with E-state index >= 15 is 0 Å². The maximum Gasteiger partial charge on any atom is 0.257 e. The molecule has 2 aliphatic rings. The Morgan fingerprint density at radius 1 is 1.42 bits per heavy atom. The molecular formula is C18H27N3O2S. The van der Waals surface area contributed by atoms with Crippen LogP contribution in [0.15, 0.2) is 16.1 Å². The summed E-state index contributed by atoms with van der Waals surface area (Å²) >= 11 is 1.50. The lowest BCUT2D eigenvalue weighted by molar-refractivity contribution is -0.126. The number of rotatable bonds is 2. The quantitative estimate of drug-likeness (QED) is 0.834. The first-order valence-corrected chi connectivity index (χ1v) is 9.73. The molecule has 0 spiro atoms. The van der Waals surface area contributed by atoms with Gasteiger partial charge in [-0.25, -0.2) is 4.98 Å². The van der Waals surface area contributed by atoms with Crippen molar-refractivity contribution in [3.63, 3.8) is 0 Å². The third kappa shape index (κ3) is 3.68. The summed E-state index contributed by atoms with van der Waals surface area (Å²) in [4.78, 5) is 29.3. The molecule has 2 heterocycles. The maximum absolute atomic E-state index is 12.7. The van der Waals surface area contributed by atoms with Gasteiger partial charge in [0, 0.05) is 30.1 Å². The highest BCUT2D eigenvalue weighted by atomic mass is 32.2. The van der Waals surface area contributed by atoms with E-state index in [2.05, 4.69) is 31.1 Å². The summed E-state index contributed by atoms with van der Waals surface area (Å²) in [5.74, 6) is 1.24. The van der Waals surface area contributed by atoms with Gasteiger partial charge < -0.3 is 5.32 Å². The molecule has 3 unspecified atom stereocenters. The van der Waals surface area contributed by atoms with E-state index in [1.54, 1.807) is 17.7 Å². The summed E-state index contributed by atoms with van der Waals surface area (Å²) in [7, 11) is 0. The minimum atomic E-state index is -0.163. The van der Waals surface area contributed by atoms with Crippen molar-refractivity contribution in [2.45, 2.75) is 64.7 Å². The smallest absolute Gasteiger partial charge is 0.257 e. The van der Waals surface area contributed by atoms with Crippen molar-refractivity contribution in [1.29, 1.82) is 0 Å². The lowest BCUT2D eigenvalue weighted by atomic mass is 9.70. The van der Waals surface area contributed by atoms with E-state index in [4.69, 9.17) is 0 Å². The monoisotopic (exact) mass is 349 g/mol. The zero-order valence-corrected chi connectivity index (χ0v) is 15.8. The second-order valence-corrected chi connectivity index (χ2v) is 9.25. The van der Waals surface area contributed by atoms with E-state index in [1.807, 2.05) is 0 Å². The minimum absolute atomic E-state index is 0.0302. The Balaban J connectivity index is 1.68. The van der Waals surface area contributed by atoms with Gasteiger partial charge in [0.05, 0.1) is 5.92 Å². The first kappa shape index (κ1) is 17.5. The number of carbonyl (C=O) groups excluding carboxylic acids is 1. The van der Waals surface area contributed by atoms with Crippen LogP contribution in [0.4, 0.5) is 0 Å². The van der Waals surface area contributed by atoms with Gasteiger partial charge in [-0.05, 0) is 37.5 Å². The summed E-state index contributed by atoms with van der Waals surface area (Å²) in [5.41, 5.74) is 0.877. The zero-order chi connectivity index (χ0) is 17.5. The van der Waals surface area contributed by atoms with E-state index in [0.717, 1.165) is 18.0 Å². The van der Waals surface area contributed by atoms with E-state index < -0.39 is 0 Å². The molecule has 1 N–H and O–H groups in total. The number of fused-ring (bicyclic) bond motifs is 1. The number of hydrogen-bond donors (Lipinski definition) is 1. The van der Waals surface area contributed by atoms with Crippen LogP contribution in [0.2, 0.25) is 0 Å². The van der Waals surface area contributed by atoms with Gasteiger partial charge in [-0.3, -0.25) is 14.2 Å². The van der Waals surface area contributed by atoms with Crippen LogP contribution in [0.1, 0.15) is 45.6 Å². The highest BCUT2D eigenvalue weighted by Gasteiger charge is 2.34. The van der Waals surface area contributed by atoms with Gasteiger partial charge in [-0.1, -0.05) is 32.5 Å². The van der Waals surface area contributed by atoms with Crippen LogP contribution in [0.3, 0.4) is 0 Å². The Morgan fingerprint density at radius 2 is 2.17 bits per heavy atom. The fraction of sp³-hybridized carbons (Fsp3) is 0.722. The van der Waals surface area contributed by atoms with Crippen molar-refractivity contribution in [3.05, 3.63) is 22.1 Å². The normalized spacial score (nSPS) is 28.9. The van der Waals surface area contributed by atoms with Crippen LogP contribution in [0.5, 0.6) is 0 Å². The number of aromatic nitrogens is 2. The molecule has 0 bridgehead atoms. The highest BCUT2D eigenvalue weighted by Crippen LogP contribution is 2.38. The molecule has 1 saturated carbocycles. The average molecular weight is 350 g/mol.